The van der Waals surface area contributed by atoms with Gasteiger partial charge in [0.1, 0.15) is 1.37 Å². The van der Waals surface area contributed by atoms with Gasteiger partial charge in [-0.15, -0.1) is 6.40 Å². The Bertz CT molecular complexity index is 602. The molecule has 0 fully saturated rings. The van der Waals surface area contributed by atoms with Crippen LogP contribution in [0, 0.1) is 12.3 Å². The summed E-state index contributed by atoms with van der Waals surface area (Å²) in [4.78, 5) is 1.27. The number of benzene rings is 1. The van der Waals surface area contributed by atoms with Gasteiger partial charge >= 0.3 is 0 Å². The number of nitrogens with zero attached hydrogens (tertiary/aromatic N) is 1. The summed E-state index contributed by atoms with van der Waals surface area (Å²) >= 11 is 0. The van der Waals surface area contributed by atoms with Crippen LogP contribution < -0.4 is 0 Å². The predicted molar refractivity (Wildman–Crippen MR) is 61.1 cm³/mol. The summed E-state index contributed by atoms with van der Waals surface area (Å²) in [5.41, 5.74) is 0.139. The zero-order valence-electron chi connectivity index (χ0n) is 16.2. The average Bonchev–Trinajstić information content (AvgIpc) is 2.46. The lowest BCUT2D eigenvalue weighted by Crippen LogP contribution is -2.31. The fraction of sp³-hybridized carbons (Fsp3) is 0.385. The van der Waals surface area contributed by atoms with Crippen LogP contribution in [0.5, 0.6) is 0 Å². The standard InChI is InChI=1S/C13H17N/c1-4-10-14(3)12(2)11-13-8-6-5-7-9-13/h1,5-9,12H,10-11H2,2-3H3/t12-/m1/s1/i1D,5D,6D,7D,8D,9D,10D2. The largest absolute Gasteiger partial charge is 0.292 e. The number of rotatable bonds is 4. The zero-order valence-corrected chi connectivity index (χ0v) is 8.23. The van der Waals surface area contributed by atoms with Gasteiger partial charge in [-0.2, -0.15) is 0 Å². The molecule has 0 saturated heterocycles. The Kier molecular flexibility index (Phi) is 1.59. The lowest BCUT2D eigenvalue weighted by Gasteiger charge is -2.22. The maximum absolute atomic E-state index is 7.86. The highest BCUT2D eigenvalue weighted by Gasteiger charge is 2.07. The molecule has 0 unspecified atom stereocenters. The topological polar surface area (TPSA) is 3.24 Å². The van der Waals surface area contributed by atoms with Gasteiger partial charge in [-0.1, -0.05) is 36.1 Å². The van der Waals surface area contributed by atoms with E-state index in [2.05, 4.69) is 5.92 Å². The number of hydrogen-bond donors (Lipinski definition) is 0. The summed E-state index contributed by atoms with van der Waals surface area (Å²) < 4.78 is 60.9. The summed E-state index contributed by atoms with van der Waals surface area (Å²) in [7, 11) is 1.48. The summed E-state index contributed by atoms with van der Waals surface area (Å²) in [6.45, 7) is -0.362. The number of terminal acetylenes is 1. The van der Waals surface area contributed by atoms with Gasteiger partial charge in [0.2, 0.25) is 0 Å². The Morgan fingerprint density at radius 1 is 1.64 bits per heavy atom. The third-order valence-corrected chi connectivity index (χ3v) is 1.94. The minimum absolute atomic E-state index is 0.0748. The molecule has 14 heavy (non-hydrogen) atoms. The van der Waals surface area contributed by atoms with Crippen molar-refractivity contribution in [1.29, 1.82) is 0 Å². The van der Waals surface area contributed by atoms with Crippen LogP contribution >= 0.6 is 0 Å². The maximum atomic E-state index is 7.86. The van der Waals surface area contributed by atoms with E-state index < -0.39 is 30.7 Å². The van der Waals surface area contributed by atoms with Crippen molar-refractivity contribution in [2.24, 2.45) is 0 Å². The van der Waals surface area contributed by atoms with Crippen LogP contribution in [0.1, 0.15) is 23.5 Å². The lowest BCUT2D eigenvalue weighted by molar-refractivity contribution is 0.287. The van der Waals surface area contributed by atoms with Gasteiger partial charge in [0.25, 0.3) is 0 Å². The van der Waals surface area contributed by atoms with Crippen LogP contribution in [-0.2, 0) is 6.42 Å². The first-order chi connectivity index (χ1) is 10.0. The molecule has 0 spiro atoms. The maximum Gasteiger partial charge on any atom is 0.124 e. The highest BCUT2D eigenvalue weighted by molar-refractivity contribution is 5.15. The molecule has 74 valence electrons. The van der Waals surface area contributed by atoms with Crippen LogP contribution in [0.25, 0.3) is 0 Å². The average molecular weight is 195 g/mol. The lowest BCUT2D eigenvalue weighted by atomic mass is 10.1. The van der Waals surface area contributed by atoms with Crippen molar-refractivity contribution in [3.8, 4) is 12.3 Å². The molecule has 1 atom stereocenters. The van der Waals surface area contributed by atoms with Crippen molar-refractivity contribution in [2.45, 2.75) is 19.4 Å². The number of hydrogen-bond acceptors (Lipinski definition) is 1. The molecule has 0 bridgehead atoms. The van der Waals surface area contributed by atoms with Crippen LogP contribution in [0.15, 0.2) is 30.2 Å². The van der Waals surface area contributed by atoms with Crippen molar-refractivity contribution < 1.29 is 11.0 Å². The minimum Gasteiger partial charge on any atom is -0.292 e. The molecule has 1 nitrogen and oxygen atoms in total. The van der Waals surface area contributed by atoms with E-state index >= 15 is 0 Å². The second kappa shape index (κ2) is 5.47. The SMILES string of the molecule is [2H]C#CC([2H])([2H])N(C)[C@H](C)Cc1c([2H])c([2H])c([2H])c([2H])c1[2H]. The molecule has 0 radical (unpaired) electrons. The third-order valence-electron chi connectivity index (χ3n) is 1.94. The molecule has 1 aromatic rings. The van der Waals surface area contributed by atoms with Gasteiger partial charge in [-0.3, -0.25) is 4.90 Å². The van der Waals surface area contributed by atoms with E-state index in [1.54, 1.807) is 13.3 Å². The Hall–Kier alpha value is -1.26. The summed E-state index contributed by atoms with van der Waals surface area (Å²) in [5, 5.41) is 0. The van der Waals surface area contributed by atoms with Crippen LogP contribution in [0.3, 0.4) is 0 Å². The van der Waals surface area contributed by atoms with E-state index in [-0.39, 0.29) is 24.1 Å². The van der Waals surface area contributed by atoms with Crippen LogP contribution in [0.2, 0.25) is 0 Å². The van der Waals surface area contributed by atoms with E-state index in [4.69, 9.17) is 11.0 Å². The van der Waals surface area contributed by atoms with Gasteiger partial charge in [0.15, 0.2) is 0 Å². The first-order valence-corrected chi connectivity index (χ1v) is 4.27. The van der Waals surface area contributed by atoms with Crippen molar-refractivity contribution in [3.63, 3.8) is 0 Å². The zero-order chi connectivity index (χ0) is 17.2. The van der Waals surface area contributed by atoms with Gasteiger partial charge in [0.05, 0.1) is 16.1 Å². The fourth-order valence-corrected chi connectivity index (χ4v) is 1.01. The molecule has 0 heterocycles. The van der Waals surface area contributed by atoms with Crippen LogP contribution in [0.4, 0.5) is 0 Å². The molecule has 0 aliphatic heterocycles. The fourth-order valence-electron chi connectivity index (χ4n) is 1.01. The Balaban J connectivity index is 3.17. The molecule has 0 aliphatic carbocycles. The summed E-state index contributed by atoms with van der Waals surface area (Å²) in [6.07, 6.45) is 1.86. The van der Waals surface area contributed by atoms with E-state index in [0.717, 1.165) is 0 Å². The van der Waals surface area contributed by atoms with Gasteiger partial charge < -0.3 is 0 Å². The van der Waals surface area contributed by atoms with E-state index in [1.165, 1.54) is 11.9 Å². The molecule has 0 saturated carbocycles. The molecule has 1 rings (SSSR count). The predicted octanol–water partition coefficient (Wildman–Crippen LogP) is 2.18. The molecule has 0 N–H and O–H groups in total. The van der Waals surface area contributed by atoms with Gasteiger partial charge in [-0.25, -0.2) is 0 Å². The van der Waals surface area contributed by atoms with E-state index in [1.807, 2.05) is 0 Å². The molecule has 1 heteroatoms. The Labute approximate surface area is 98.0 Å². The highest BCUT2D eigenvalue weighted by atomic mass is 15.1. The smallest absolute Gasteiger partial charge is 0.124 e. The Morgan fingerprint density at radius 2 is 2.36 bits per heavy atom. The van der Waals surface area contributed by atoms with Crippen molar-refractivity contribution in [2.75, 3.05) is 13.5 Å². The minimum atomic E-state index is -2.03. The quantitative estimate of drug-likeness (QED) is 0.666. The summed E-state index contributed by atoms with van der Waals surface area (Å²) in [5.74, 6) is 2.13. The van der Waals surface area contributed by atoms with Gasteiger partial charge in [0, 0.05) is 6.04 Å². The molecule has 0 aromatic heterocycles. The first-order valence-electron chi connectivity index (χ1n) is 8.27. The first kappa shape index (κ1) is 4.08. The monoisotopic (exact) mass is 195 g/mol. The van der Waals surface area contributed by atoms with E-state index in [0.29, 0.717) is 0 Å². The number of likely N-dealkylation sites (N-methyl/N-ethyl adjacent to an activating group) is 1. The normalized spacial score (nSPS) is 21.1. The summed E-state index contributed by atoms with van der Waals surface area (Å²) in [6, 6.07) is -2.29. The van der Waals surface area contributed by atoms with Crippen molar-refractivity contribution >= 4 is 0 Å². The van der Waals surface area contributed by atoms with Crippen molar-refractivity contribution in [1.82, 2.24) is 4.90 Å². The molecule has 1 aromatic carbocycles. The molecule has 0 amide bonds. The highest BCUT2D eigenvalue weighted by Crippen LogP contribution is 2.06. The van der Waals surface area contributed by atoms with Gasteiger partial charge in [-0.05, 0) is 26.0 Å². The van der Waals surface area contributed by atoms with Crippen LogP contribution in [-0.4, -0.2) is 24.5 Å². The molecular weight excluding hydrogens is 170 g/mol. The third kappa shape index (κ3) is 3.24. The molecular formula is C13H17N. The van der Waals surface area contributed by atoms with E-state index in [9.17, 15) is 0 Å². The Morgan fingerprint density at radius 3 is 3.00 bits per heavy atom. The second-order valence-electron chi connectivity index (χ2n) is 3.00. The second-order valence-corrected chi connectivity index (χ2v) is 3.00. The van der Waals surface area contributed by atoms with Crippen molar-refractivity contribution in [3.05, 3.63) is 35.8 Å². The molecule has 0 aliphatic rings.